The third kappa shape index (κ3) is 25.6. The molecule has 0 radical (unpaired) electrons. The number of rotatable bonds is 40. The van der Waals surface area contributed by atoms with Crippen LogP contribution in [0.1, 0.15) is 48.0 Å². The van der Waals surface area contributed by atoms with Crippen LogP contribution in [0.5, 0.6) is 0 Å². The average Bonchev–Trinajstić information content (AvgIpc) is 0.744. The minimum atomic E-state index is -3.43. The van der Waals surface area contributed by atoms with Gasteiger partial charge in [-0.3, -0.25) is 19.2 Å². The van der Waals surface area contributed by atoms with Gasteiger partial charge in [-0.05, 0) is 13.8 Å². The Morgan fingerprint density at radius 3 is 1.09 bits per heavy atom. The van der Waals surface area contributed by atoms with Crippen molar-refractivity contribution in [1.82, 2.24) is 21.3 Å². The van der Waals surface area contributed by atoms with Gasteiger partial charge in [-0.1, -0.05) is 0 Å². The van der Waals surface area contributed by atoms with Crippen LogP contribution in [0.25, 0.3) is 0 Å². The van der Waals surface area contributed by atoms with Crippen molar-refractivity contribution >= 4 is 29.6 Å². The van der Waals surface area contributed by atoms with Gasteiger partial charge < -0.3 is 279 Å². The average molecular weight is 2020 g/mol. The summed E-state index contributed by atoms with van der Waals surface area (Å²) in [6.07, 6.45) is -112. The molecule has 10 rings (SSSR count). The fourth-order valence-corrected chi connectivity index (χ4v) is 17.6. The number of ether oxygens (including phenoxy) is 20. The molecule has 138 heavy (non-hydrogen) atoms. The Hall–Kier alpha value is -4.69. The minimum Gasteiger partial charge on any atom is -0.477 e. The number of aliphatic carboxylic acids is 1. The fourth-order valence-electron chi connectivity index (χ4n) is 17.6. The standard InChI is InChI=1S/C77H130N4O57/c1-18-39(99)48(108)51(111)70(120-18)131-59-32(15-89)126-68(37(80-22(5)93)62(59)133-72-53(113)50(110)43(103)28(11-85)122-72)135-64-44(104)29(12-86)123-73(54(64)114)130-58-31(14-88)125-67(36(47(58)107)79-21(4)92)119-17-34-46(106)65(55(115)74(128-34)129-57(27(98)10-84)41(101)25(96)8-82)136-69-38(81-23(6)94)63(60(33(16-90)127-69)132-71-52(112)49(109)40(100)19(2)121-71)134-75-56(116)66(45(105)30(13-87)124-75)138-77(76(117)118)7-24(95)35(78-20(3)91)61(137-77)42(102)26(97)9-83/h18-19,24-75,82-90,95-116H,7-17H2,1-6H3,(H,78,91)(H,79,92)(H,80,93)(H,81,94)(H,117,118)/t18-,19-,24-,25-,26+,27+,28+,29+,30+,31+,32+,33+,34+,35+,36+,37+,38+,39+,40+,41+,42+,43-,44-,45-,46-,47+,48+,49+,50-,51-,52-,53+,54+,55+,56+,57+,58+,59+,60+,61+,62+,63+,64-,65-,66-,67+,68-,69-,70-,71-,72-,73-,74-,75-,77-/m0/s1. The Labute approximate surface area is 781 Å². The van der Waals surface area contributed by atoms with Gasteiger partial charge in [0.25, 0.3) is 5.79 Å². The number of aliphatic hydroxyl groups is 31. The van der Waals surface area contributed by atoms with Crippen LogP contribution in [0.3, 0.4) is 0 Å². The SMILES string of the molecule is CC(=O)N[C@H]1[C@H](OC[C@H]2O[C@@H](O[C@@H]([C@H](O)[C@@H](O)CO)[C@H](O)CO)[C@H](O)[C@@H](O[C@@H]3O[C@H](CO)[C@@H](O[C@@H]4O[C@@H](C)[C@@H](O)[C@@H](O)[C@@H]4O)[C@H](O[C@@H]4O[C@H](CO)[C@H](O)[C@H](O[C@]5(C(=O)O)C[C@H](O)[C@@H](NC(C)=O)[C@H]([C@H](O)[C@H](O)CO)O5)[C@H]4O)[C@H]3NC(C)=O)[C@H]2O)O[C@H](CO)[C@@H](O[C@@H]2O[C@H](CO)[C@H](O)[C@H](O[C@@H]3O[C@H](CO)[C@@H](O[C@@H]4O[C@@H](C)[C@@H](O)[C@@H](O)[C@@H]4O)[C@H](O[C@@H]4O[C@H](CO)[C@H](O)[C@H](O)[C@H]4O)[C@H]3NC(C)=O)[C@H]2O)[C@@H]1O. The van der Waals surface area contributed by atoms with Crippen LogP contribution in [-0.4, -0.2) is 596 Å². The molecule has 10 heterocycles. The summed E-state index contributed by atoms with van der Waals surface area (Å²) < 4.78 is 120. The molecule has 0 saturated carbocycles. The molecule has 0 spiro atoms. The molecule has 800 valence electrons. The summed E-state index contributed by atoms with van der Waals surface area (Å²) >= 11 is 0. The van der Waals surface area contributed by atoms with E-state index in [1.165, 1.54) is 13.8 Å². The molecule has 10 saturated heterocycles. The summed E-state index contributed by atoms with van der Waals surface area (Å²) in [6, 6.07) is -8.17. The predicted molar refractivity (Wildman–Crippen MR) is 425 cm³/mol. The molecule has 0 bridgehead atoms. The van der Waals surface area contributed by atoms with Crippen LogP contribution >= 0.6 is 0 Å². The van der Waals surface area contributed by atoms with E-state index in [4.69, 9.17) is 94.7 Å². The van der Waals surface area contributed by atoms with Crippen molar-refractivity contribution in [3.8, 4) is 0 Å². The van der Waals surface area contributed by atoms with Gasteiger partial charge in [-0.15, -0.1) is 0 Å². The second-order valence-corrected chi connectivity index (χ2v) is 34.9. The molecular weight excluding hydrogens is 1890 g/mol. The van der Waals surface area contributed by atoms with Crippen LogP contribution in [0.15, 0.2) is 0 Å². The summed E-state index contributed by atoms with van der Waals surface area (Å²) in [6.45, 7) is -6.68. The number of hydrogen-bond acceptors (Lipinski definition) is 56. The third-order valence-electron chi connectivity index (χ3n) is 25.1. The van der Waals surface area contributed by atoms with E-state index in [0.717, 1.165) is 27.7 Å². The van der Waals surface area contributed by atoms with Crippen molar-refractivity contribution in [2.24, 2.45) is 0 Å². The quantitative estimate of drug-likeness (QED) is 0.0271. The first kappa shape index (κ1) is 115. The van der Waals surface area contributed by atoms with Crippen molar-refractivity contribution in [2.75, 3.05) is 66.1 Å². The van der Waals surface area contributed by atoms with Crippen molar-refractivity contribution in [3.63, 3.8) is 0 Å². The first-order valence-electron chi connectivity index (χ1n) is 43.9. The Bertz CT molecular complexity index is 3800. The number of nitrogens with one attached hydrogen (secondary N) is 4. The number of hydrogen-bond donors (Lipinski definition) is 36. The van der Waals surface area contributed by atoms with Crippen molar-refractivity contribution in [3.05, 3.63) is 0 Å². The van der Waals surface area contributed by atoms with E-state index in [0.29, 0.717) is 0 Å². The summed E-state index contributed by atoms with van der Waals surface area (Å²) in [4.78, 5) is 66.5. The van der Waals surface area contributed by atoms with Gasteiger partial charge in [0.15, 0.2) is 56.6 Å². The molecule has 0 aliphatic carbocycles. The summed E-state index contributed by atoms with van der Waals surface area (Å²) in [5, 5.41) is 367. The predicted octanol–water partition coefficient (Wildman–Crippen LogP) is -23.5. The van der Waals surface area contributed by atoms with E-state index in [2.05, 4.69) is 21.3 Å². The number of carboxylic acid groups (broad SMARTS) is 1. The van der Waals surface area contributed by atoms with Gasteiger partial charge >= 0.3 is 5.97 Å². The van der Waals surface area contributed by atoms with Crippen LogP contribution in [0, 0.1) is 0 Å². The van der Waals surface area contributed by atoms with E-state index in [-0.39, 0.29) is 0 Å². The van der Waals surface area contributed by atoms with Crippen LogP contribution in [-0.2, 0) is 119 Å². The second-order valence-electron chi connectivity index (χ2n) is 34.9. The zero-order valence-electron chi connectivity index (χ0n) is 74.5. The van der Waals surface area contributed by atoms with Gasteiger partial charge in [0, 0.05) is 34.1 Å². The summed E-state index contributed by atoms with van der Waals surface area (Å²) in [5.41, 5.74) is 0. The Morgan fingerprint density at radius 2 is 0.659 bits per heavy atom. The zero-order valence-corrected chi connectivity index (χ0v) is 74.5. The van der Waals surface area contributed by atoms with Crippen LogP contribution in [0.4, 0.5) is 0 Å². The normalized spacial score (nSPS) is 46.7. The lowest BCUT2D eigenvalue weighted by Gasteiger charge is -2.52. The van der Waals surface area contributed by atoms with E-state index in [9.17, 15) is 187 Å². The highest BCUT2D eigenvalue weighted by Gasteiger charge is 2.65. The molecule has 55 atom stereocenters. The number of amides is 4. The summed E-state index contributed by atoms with van der Waals surface area (Å²) in [5.74, 6) is -9.79. The fraction of sp³-hybridized carbons (Fsp3) is 0.935. The van der Waals surface area contributed by atoms with Gasteiger partial charge in [-0.2, -0.15) is 0 Å². The molecule has 0 aromatic carbocycles. The largest absolute Gasteiger partial charge is 0.477 e. The highest BCUT2D eigenvalue weighted by Crippen LogP contribution is 2.44. The molecule has 10 aliphatic heterocycles. The van der Waals surface area contributed by atoms with Gasteiger partial charge in [0.1, 0.15) is 250 Å². The maximum atomic E-state index is 13.8. The van der Waals surface area contributed by atoms with Crippen molar-refractivity contribution < 1.29 is 282 Å². The lowest BCUT2D eigenvalue weighted by molar-refractivity contribution is -0.398. The number of carboxylic acids is 1. The molecule has 0 unspecified atom stereocenters. The van der Waals surface area contributed by atoms with E-state index in [1.54, 1.807) is 0 Å². The molecule has 0 aromatic rings. The van der Waals surface area contributed by atoms with E-state index < -0.39 is 439 Å². The number of carbonyl (C=O) groups excluding carboxylic acids is 4. The highest BCUT2D eigenvalue weighted by atomic mass is 16.8. The monoisotopic (exact) mass is 2020 g/mol. The summed E-state index contributed by atoms with van der Waals surface area (Å²) in [7, 11) is 0. The second kappa shape index (κ2) is 50.1. The maximum absolute atomic E-state index is 13.8. The molecule has 4 amide bonds. The van der Waals surface area contributed by atoms with Crippen molar-refractivity contribution in [1.29, 1.82) is 0 Å². The Morgan fingerprint density at radius 1 is 0.326 bits per heavy atom. The van der Waals surface area contributed by atoms with Crippen LogP contribution < -0.4 is 21.3 Å². The van der Waals surface area contributed by atoms with Gasteiger partial charge in [0.2, 0.25) is 23.6 Å². The van der Waals surface area contributed by atoms with Crippen molar-refractivity contribution in [2.45, 2.75) is 385 Å². The number of carbonyl (C=O) groups is 5. The Balaban J connectivity index is 0.969. The van der Waals surface area contributed by atoms with Gasteiger partial charge in [-0.25, -0.2) is 4.79 Å². The number of aliphatic hydroxyl groups excluding tert-OH is 31. The zero-order chi connectivity index (χ0) is 102. The smallest absolute Gasteiger partial charge is 0.364 e. The molecule has 61 heteroatoms. The maximum Gasteiger partial charge on any atom is 0.364 e. The molecule has 61 nitrogen and oxygen atoms in total. The lowest BCUT2D eigenvalue weighted by atomic mass is 9.88. The van der Waals surface area contributed by atoms with Crippen LogP contribution in [0.2, 0.25) is 0 Å². The first-order valence-corrected chi connectivity index (χ1v) is 43.9. The molecular formula is C77H130N4O57. The Kier molecular flexibility index (Phi) is 41.9. The highest BCUT2D eigenvalue weighted by molar-refractivity contribution is 5.77. The molecule has 10 fully saturated rings. The first-order chi connectivity index (χ1) is 65.0. The van der Waals surface area contributed by atoms with E-state index >= 15 is 0 Å². The topological polar surface area (TPSA) is 965 Å². The van der Waals surface area contributed by atoms with E-state index in [1.807, 2.05) is 0 Å². The lowest BCUT2D eigenvalue weighted by Crippen LogP contribution is -2.72. The molecule has 36 N–H and O–H groups in total. The van der Waals surface area contributed by atoms with Gasteiger partial charge in [0.05, 0.1) is 90.4 Å². The minimum absolute atomic E-state index is 0.814. The molecule has 10 aliphatic rings. The third-order valence-corrected chi connectivity index (χ3v) is 25.1. The molecule has 0 aromatic heterocycles.